The van der Waals surface area contributed by atoms with E-state index in [0.29, 0.717) is 36.4 Å². The fraction of sp³-hybridized carbons (Fsp3) is 0.545. The highest BCUT2D eigenvalue weighted by Crippen LogP contribution is 2.32. The van der Waals surface area contributed by atoms with Gasteiger partial charge >= 0.3 is 6.09 Å². The third-order valence-corrected chi connectivity index (χ3v) is 5.66. The maximum Gasteiger partial charge on any atom is 0.410 e. The van der Waals surface area contributed by atoms with Gasteiger partial charge in [0.1, 0.15) is 23.1 Å². The summed E-state index contributed by atoms with van der Waals surface area (Å²) in [5, 5.41) is 0.463. The minimum absolute atomic E-state index is 0.144. The zero-order chi connectivity index (χ0) is 22.9. The Labute approximate surface area is 192 Å². The molecule has 0 N–H and O–H groups in total. The molecule has 32 heavy (non-hydrogen) atoms. The molecule has 1 fully saturated rings. The van der Waals surface area contributed by atoms with E-state index in [2.05, 4.69) is 19.9 Å². The third kappa shape index (κ3) is 4.98. The Balaban J connectivity index is 1.46. The molecule has 0 aromatic carbocycles. The topological polar surface area (TPSA) is 89.9 Å². The summed E-state index contributed by atoms with van der Waals surface area (Å²) in [5.41, 5.74) is 2.29. The highest BCUT2D eigenvalue weighted by atomic mass is 35.5. The third-order valence-electron chi connectivity index (χ3n) is 5.39. The number of hydrogen-bond donors (Lipinski definition) is 0. The van der Waals surface area contributed by atoms with E-state index >= 15 is 0 Å². The predicted octanol–water partition coefficient (Wildman–Crippen LogP) is 3.48. The van der Waals surface area contributed by atoms with Crippen LogP contribution < -0.4 is 14.4 Å². The molecule has 1 atom stereocenters. The molecule has 1 unspecified atom stereocenters. The number of halogens is 1. The monoisotopic (exact) mass is 461 g/mol. The van der Waals surface area contributed by atoms with Gasteiger partial charge < -0.3 is 24.0 Å². The molecule has 2 aromatic rings. The summed E-state index contributed by atoms with van der Waals surface area (Å²) in [6.45, 7) is 8.00. The maximum absolute atomic E-state index is 12.4. The molecule has 1 amide bonds. The maximum atomic E-state index is 12.4. The number of likely N-dealkylation sites (tertiary alicyclic amines) is 1. The van der Waals surface area contributed by atoms with E-state index in [4.69, 9.17) is 25.8 Å². The molecule has 2 aromatic heterocycles. The van der Waals surface area contributed by atoms with E-state index in [1.165, 1.54) is 6.33 Å². The first-order chi connectivity index (χ1) is 15.2. The van der Waals surface area contributed by atoms with E-state index in [0.717, 1.165) is 36.3 Å². The summed E-state index contributed by atoms with van der Waals surface area (Å²) >= 11 is 6.27. The largest absolute Gasteiger partial charge is 0.480 e. The summed E-state index contributed by atoms with van der Waals surface area (Å²) in [6, 6.07) is 1.85. The highest BCUT2D eigenvalue weighted by molar-refractivity contribution is 6.32. The molecule has 0 saturated carbocycles. The smallest absolute Gasteiger partial charge is 0.410 e. The number of anilines is 1. The van der Waals surface area contributed by atoms with Gasteiger partial charge in [-0.2, -0.15) is 0 Å². The first-order valence-corrected chi connectivity index (χ1v) is 11.0. The van der Waals surface area contributed by atoms with Crippen LogP contribution in [-0.4, -0.2) is 64.4 Å². The van der Waals surface area contributed by atoms with E-state index in [9.17, 15) is 4.79 Å². The van der Waals surface area contributed by atoms with Crippen molar-refractivity contribution >= 4 is 23.4 Å². The molecule has 4 rings (SSSR count). The summed E-state index contributed by atoms with van der Waals surface area (Å²) < 4.78 is 16.9. The van der Waals surface area contributed by atoms with Gasteiger partial charge in [-0.25, -0.2) is 19.7 Å². The number of methoxy groups -OCH3 is 1. The van der Waals surface area contributed by atoms with Crippen molar-refractivity contribution in [3.63, 3.8) is 0 Å². The summed E-state index contributed by atoms with van der Waals surface area (Å²) in [5.74, 6) is 0.958. The van der Waals surface area contributed by atoms with Crippen LogP contribution in [0.15, 0.2) is 18.6 Å². The number of aromatic nitrogens is 3. The van der Waals surface area contributed by atoms with Crippen LogP contribution >= 0.6 is 11.6 Å². The van der Waals surface area contributed by atoms with Gasteiger partial charge in [0, 0.05) is 25.9 Å². The lowest BCUT2D eigenvalue weighted by Crippen LogP contribution is -2.36. The Kier molecular flexibility index (Phi) is 6.28. The molecule has 0 radical (unpaired) electrons. The first kappa shape index (κ1) is 22.4. The molecule has 0 spiro atoms. The molecule has 2 aliphatic rings. The van der Waals surface area contributed by atoms with Gasteiger partial charge in [0.05, 0.1) is 43.3 Å². The number of pyridine rings is 1. The van der Waals surface area contributed by atoms with Crippen LogP contribution in [-0.2, 0) is 17.7 Å². The van der Waals surface area contributed by atoms with Gasteiger partial charge in [0.25, 0.3) is 0 Å². The Morgan fingerprint density at radius 2 is 2.00 bits per heavy atom. The second-order valence-electron chi connectivity index (χ2n) is 8.92. The summed E-state index contributed by atoms with van der Waals surface area (Å²) in [7, 11) is 1.54. The van der Waals surface area contributed by atoms with Crippen LogP contribution in [0.2, 0.25) is 5.02 Å². The average Bonchev–Trinajstić information content (AvgIpc) is 3.21. The highest BCUT2D eigenvalue weighted by Gasteiger charge is 2.32. The van der Waals surface area contributed by atoms with Crippen molar-refractivity contribution in [2.24, 2.45) is 0 Å². The van der Waals surface area contributed by atoms with Crippen LogP contribution in [0.1, 0.15) is 38.4 Å². The van der Waals surface area contributed by atoms with Crippen molar-refractivity contribution in [1.29, 1.82) is 0 Å². The van der Waals surface area contributed by atoms with Crippen molar-refractivity contribution in [2.45, 2.75) is 51.9 Å². The molecular formula is C22H28ClN5O4. The minimum Gasteiger partial charge on any atom is -0.480 e. The normalized spacial score (nSPS) is 18.3. The zero-order valence-electron chi connectivity index (χ0n) is 18.8. The Bertz CT molecular complexity index is 997. The van der Waals surface area contributed by atoms with E-state index < -0.39 is 5.60 Å². The summed E-state index contributed by atoms with van der Waals surface area (Å²) in [6.07, 6.45) is 4.30. The number of nitrogens with zero attached hydrogens (tertiary/aromatic N) is 5. The number of rotatable bonds is 4. The van der Waals surface area contributed by atoms with Gasteiger partial charge in [0.15, 0.2) is 0 Å². The van der Waals surface area contributed by atoms with Crippen LogP contribution in [0.5, 0.6) is 11.8 Å². The molecule has 0 bridgehead atoms. The van der Waals surface area contributed by atoms with Crippen LogP contribution in [0.4, 0.5) is 10.5 Å². The number of amides is 1. The molecular weight excluding hydrogens is 434 g/mol. The SMILES string of the molecule is COc1ncc(N2CCc3ncnc(OC4CCN(C(=O)OC(C)(C)C)C4)c3C2)cc1Cl. The molecule has 1 saturated heterocycles. The Hall–Kier alpha value is -2.81. The van der Waals surface area contributed by atoms with E-state index in [1.54, 1.807) is 18.2 Å². The molecule has 172 valence electrons. The second kappa shape index (κ2) is 8.97. The molecule has 0 aliphatic carbocycles. The van der Waals surface area contributed by atoms with Crippen molar-refractivity contribution in [3.8, 4) is 11.8 Å². The first-order valence-electron chi connectivity index (χ1n) is 10.7. The standard InChI is InChI=1S/C22H28ClN5O4/c1-22(2,3)32-21(29)28-7-5-15(11-28)31-19-16-12-27(8-6-18(16)25-13-26-19)14-9-17(23)20(30-4)24-10-14/h9-10,13,15H,5-8,11-12H2,1-4H3. The van der Waals surface area contributed by atoms with E-state index in [1.807, 2.05) is 26.8 Å². The van der Waals surface area contributed by atoms with Crippen molar-refractivity contribution in [3.05, 3.63) is 34.9 Å². The van der Waals surface area contributed by atoms with Gasteiger partial charge in [-0.1, -0.05) is 11.6 Å². The predicted molar refractivity (Wildman–Crippen MR) is 119 cm³/mol. The zero-order valence-corrected chi connectivity index (χ0v) is 19.6. The lowest BCUT2D eigenvalue weighted by molar-refractivity contribution is 0.0274. The number of carbonyl (C=O) groups excluding carboxylic acids is 1. The lowest BCUT2D eigenvalue weighted by atomic mass is 10.1. The Morgan fingerprint density at radius 1 is 1.19 bits per heavy atom. The molecule has 9 nitrogen and oxygen atoms in total. The fourth-order valence-corrected chi connectivity index (χ4v) is 4.09. The average molecular weight is 462 g/mol. The number of hydrogen-bond acceptors (Lipinski definition) is 8. The fourth-order valence-electron chi connectivity index (χ4n) is 3.85. The number of fused-ring (bicyclic) bond motifs is 1. The van der Waals surface area contributed by atoms with Crippen LogP contribution in [0.25, 0.3) is 0 Å². The van der Waals surface area contributed by atoms with Gasteiger partial charge in [0.2, 0.25) is 11.8 Å². The number of carbonyl (C=O) groups is 1. The number of ether oxygens (including phenoxy) is 3. The molecule has 10 heteroatoms. The van der Waals surface area contributed by atoms with Gasteiger partial charge in [-0.15, -0.1) is 0 Å². The second-order valence-corrected chi connectivity index (χ2v) is 9.32. The molecule has 4 heterocycles. The van der Waals surface area contributed by atoms with Crippen LogP contribution in [0, 0.1) is 0 Å². The van der Waals surface area contributed by atoms with Crippen molar-refractivity contribution < 1.29 is 19.0 Å². The Morgan fingerprint density at radius 3 is 2.72 bits per heavy atom. The van der Waals surface area contributed by atoms with Gasteiger partial charge in [-0.3, -0.25) is 0 Å². The van der Waals surface area contributed by atoms with Gasteiger partial charge in [-0.05, 0) is 26.8 Å². The lowest BCUT2D eigenvalue weighted by Gasteiger charge is -2.31. The van der Waals surface area contributed by atoms with Crippen molar-refractivity contribution in [2.75, 3.05) is 31.6 Å². The van der Waals surface area contributed by atoms with Crippen molar-refractivity contribution in [1.82, 2.24) is 19.9 Å². The molecule has 2 aliphatic heterocycles. The minimum atomic E-state index is -0.523. The summed E-state index contributed by atoms with van der Waals surface area (Å²) in [4.78, 5) is 29.3. The quantitative estimate of drug-likeness (QED) is 0.683. The van der Waals surface area contributed by atoms with Crippen LogP contribution in [0.3, 0.4) is 0 Å². The van der Waals surface area contributed by atoms with E-state index in [-0.39, 0.29) is 12.2 Å².